The second-order valence-corrected chi connectivity index (χ2v) is 8.89. The Morgan fingerprint density at radius 2 is 1.63 bits per heavy atom. The summed E-state index contributed by atoms with van der Waals surface area (Å²) in [6.07, 6.45) is 6.05. The third kappa shape index (κ3) is 4.08. The number of benzene rings is 1. The second kappa shape index (κ2) is 8.25. The minimum Gasteiger partial charge on any atom is -0.271 e. The lowest BCUT2D eigenvalue weighted by Crippen LogP contribution is -2.40. The molecule has 3 rings (SSSR count). The SMILES string of the molecule is CC(C)SC1=C(c2ccc([N+](=O)[O-])cc2)C(=O)N(C2CCCCCC2)C1=O. The molecule has 1 saturated carbocycles. The summed E-state index contributed by atoms with van der Waals surface area (Å²) < 4.78 is 0. The lowest BCUT2D eigenvalue weighted by molar-refractivity contribution is -0.384. The Morgan fingerprint density at radius 3 is 2.15 bits per heavy atom. The molecule has 1 fully saturated rings. The van der Waals surface area contributed by atoms with Gasteiger partial charge >= 0.3 is 0 Å². The van der Waals surface area contributed by atoms with Crippen molar-refractivity contribution in [1.29, 1.82) is 0 Å². The third-order valence-corrected chi connectivity index (χ3v) is 6.07. The zero-order valence-corrected chi connectivity index (χ0v) is 16.5. The summed E-state index contributed by atoms with van der Waals surface area (Å²) in [4.78, 5) is 38.7. The lowest BCUT2D eigenvalue weighted by Gasteiger charge is -2.25. The number of non-ortho nitro benzene ring substituents is 1. The minimum absolute atomic E-state index is 0.0326. The van der Waals surface area contributed by atoms with E-state index in [1.54, 1.807) is 12.1 Å². The van der Waals surface area contributed by atoms with Gasteiger partial charge in [0.1, 0.15) is 0 Å². The molecule has 7 heteroatoms. The average Bonchev–Trinajstić information content (AvgIpc) is 2.81. The van der Waals surface area contributed by atoms with E-state index in [1.165, 1.54) is 28.8 Å². The molecule has 27 heavy (non-hydrogen) atoms. The highest BCUT2D eigenvalue weighted by Gasteiger charge is 2.43. The molecule has 1 aliphatic heterocycles. The first-order chi connectivity index (χ1) is 12.9. The number of nitro groups is 1. The molecule has 0 spiro atoms. The molecule has 0 unspecified atom stereocenters. The highest BCUT2D eigenvalue weighted by atomic mass is 32.2. The zero-order chi connectivity index (χ0) is 19.6. The fraction of sp³-hybridized carbons (Fsp3) is 0.500. The van der Waals surface area contributed by atoms with Gasteiger partial charge in [0.15, 0.2) is 0 Å². The van der Waals surface area contributed by atoms with Crippen LogP contribution in [0.25, 0.3) is 5.57 Å². The summed E-state index contributed by atoms with van der Waals surface area (Å²) in [5, 5.41) is 11.1. The van der Waals surface area contributed by atoms with Gasteiger partial charge in [-0.25, -0.2) is 0 Å². The Labute approximate surface area is 163 Å². The molecule has 1 aromatic carbocycles. The van der Waals surface area contributed by atoms with Gasteiger partial charge in [-0.2, -0.15) is 0 Å². The van der Waals surface area contributed by atoms with Crippen LogP contribution in [0.2, 0.25) is 0 Å². The van der Waals surface area contributed by atoms with Crippen molar-refractivity contribution in [2.75, 3.05) is 0 Å². The van der Waals surface area contributed by atoms with E-state index in [0.717, 1.165) is 38.5 Å². The number of thioether (sulfide) groups is 1. The van der Waals surface area contributed by atoms with Gasteiger partial charge < -0.3 is 0 Å². The molecule has 0 aromatic heterocycles. The minimum atomic E-state index is -0.471. The summed E-state index contributed by atoms with van der Waals surface area (Å²) in [5.41, 5.74) is 0.922. The van der Waals surface area contributed by atoms with E-state index < -0.39 is 4.92 Å². The van der Waals surface area contributed by atoms with Gasteiger partial charge in [0.25, 0.3) is 17.5 Å². The van der Waals surface area contributed by atoms with E-state index >= 15 is 0 Å². The van der Waals surface area contributed by atoms with Crippen molar-refractivity contribution in [3.8, 4) is 0 Å². The van der Waals surface area contributed by atoms with Gasteiger partial charge in [-0.1, -0.05) is 39.5 Å². The Hall–Kier alpha value is -2.15. The van der Waals surface area contributed by atoms with Crippen LogP contribution in [0.4, 0.5) is 5.69 Å². The van der Waals surface area contributed by atoms with E-state index in [0.29, 0.717) is 16.0 Å². The predicted molar refractivity (Wildman–Crippen MR) is 106 cm³/mol. The normalized spacial score (nSPS) is 19.1. The molecule has 0 saturated heterocycles. The first-order valence-corrected chi connectivity index (χ1v) is 10.3. The fourth-order valence-electron chi connectivity index (χ4n) is 3.72. The summed E-state index contributed by atoms with van der Waals surface area (Å²) in [7, 11) is 0. The number of amides is 2. The quantitative estimate of drug-likeness (QED) is 0.320. The predicted octanol–water partition coefficient (Wildman–Crippen LogP) is 4.54. The van der Waals surface area contributed by atoms with Crippen LogP contribution in [0.1, 0.15) is 57.9 Å². The van der Waals surface area contributed by atoms with Crippen LogP contribution in [0.5, 0.6) is 0 Å². The summed E-state index contributed by atoms with van der Waals surface area (Å²) in [6.45, 7) is 3.97. The zero-order valence-electron chi connectivity index (χ0n) is 15.6. The second-order valence-electron chi connectivity index (χ2n) is 7.30. The van der Waals surface area contributed by atoms with E-state index in [1.807, 2.05) is 13.8 Å². The highest BCUT2D eigenvalue weighted by molar-refractivity contribution is 8.04. The monoisotopic (exact) mass is 388 g/mol. The van der Waals surface area contributed by atoms with Crippen LogP contribution < -0.4 is 0 Å². The maximum Gasteiger partial charge on any atom is 0.269 e. The van der Waals surface area contributed by atoms with Crippen molar-refractivity contribution >= 4 is 34.8 Å². The Balaban J connectivity index is 1.98. The highest BCUT2D eigenvalue weighted by Crippen LogP contribution is 2.40. The fourth-order valence-corrected chi connectivity index (χ4v) is 4.72. The number of nitro benzene ring substituents is 1. The number of hydrogen-bond donors (Lipinski definition) is 0. The Kier molecular flexibility index (Phi) is 5.99. The topological polar surface area (TPSA) is 80.5 Å². The van der Waals surface area contributed by atoms with E-state index in [-0.39, 0.29) is 28.8 Å². The lowest BCUT2D eigenvalue weighted by atomic mass is 10.0. The molecule has 6 nitrogen and oxygen atoms in total. The summed E-state index contributed by atoms with van der Waals surface area (Å²) in [6, 6.07) is 5.84. The van der Waals surface area contributed by atoms with Crippen LogP contribution in [-0.2, 0) is 9.59 Å². The molecule has 1 aromatic rings. The Bertz CT molecular complexity index is 778. The van der Waals surface area contributed by atoms with Gasteiger partial charge in [-0.15, -0.1) is 11.8 Å². The molecule has 2 aliphatic rings. The van der Waals surface area contributed by atoms with Gasteiger partial charge in [-0.05, 0) is 30.5 Å². The largest absolute Gasteiger partial charge is 0.271 e. The first-order valence-electron chi connectivity index (χ1n) is 9.43. The number of carbonyl (C=O) groups is 2. The average molecular weight is 388 g/mol. The maximum absolute atomic E-state index is 13.2. The van der Waals surface area contributed by atoms with Crippen LogP contribution >= 0.6 is 11.8 Å². The van der Waals surface area contributed by atoms with E-state index in [4.69, 9.17) is 0 Å². The van der Waals surface area contributed by atoms with Crippen molar-refractivity contribution < 1.29 is 14.5 Å². The summed E-state index contributed by atoms with van der Waals surface area (Å²) >= 11 is 1.39. The van der Waals surface area contributed by atoms with Gasteiger partial charge in [-0.3, -0.25) is 24.6 Å². The van der Waals surface area contributed by atoms with Gasteiger partial charge in [0, 0.05) is 23.4 Å². The maximum atomic E-state index is 13.2. The van der Waals surface area contributed by atoms with Crippen LogP contribution in [0.3, 0.4) is 0 Å². The van der Waals surface area contributed by atoms with Gasteiger partial charge in [0.2, 0.25) is 0 Å². The van der Waals surface area contributed by atoms with Gasteiger partial charge in [0.05, 0.1) is 15.4 Å². The first kappa shape index (κ1) is 19.6. The third-order valence-electron chi connectivity index (χ3n) is 4.98. The van der Waals surface area contributed by atoms with Crippen molar-refractivity contribution in [1.82, 2.24) is 4.90 Å². The molecule has 1 heterocycles. The molecule has 0 N–H and O–H groups in total. The van der Waals surface area contributed by atoms with E-state index in [2.05, 4.69) is 0 Å². The summed E-state index contributed by atoms with van der Waals surface area (Å²) in [5.74, 6) is -0.470. The smallest absolute Gasteiger partial charge is 0.269 e. The van der Waals surface area contributed by atoms with Crippen molar-refractivity contribution in [3.63, 3.8) is 0 Å². The number of imide groups is 1. The van der Waals surface area contributed by atoms with Crippen LogP contribution in [0, 0.1) is 10.1 Å². The molecule has 0 atom stereocenters. The molecule has 2 amide bonds. The van der Waals surface area contributed by atoms with Crippen LogP contribution in [0.15, 0.2) is 29.2 Å². The molecule has 0 bridgehead atoms. The van der Waals surface area contributed by atoms with Crippen molar-refractivity contribution in [2.24, 2.45) is 0 Å². The molecule has 144 valence electrons. The van der Waals surface area contributed by atoms with E-state index in [9.17, 15) is 19.7 Å². The molecule has 0 radical (unpaired) electrons. The molecular weight excluding hydrogens is 364 g/mol. The van der Waals surface area contributed by atoms with Crippen LogP contribution in [-0.4, -0.2) is 32.9 Å². The number of hydrogen-bond acceptors (Lipinski definition) is 5. The van der Waals surface area contributed by atoms with Crippen molar-refractivity contribution in [3.05, 3.63) is 44.8 Å². The molecule has 1 aliphatic carbocycles. The van der Waals surface area contributed by atoms with Crippen molar-refractivity contribution in [2.45, 2.75) is 63.7 Å². The standard InChI is InChI=1S/C20H24N2O4S/c1-13(2)27-18-17(14-9-11-16(12-10-14)22(25)26)19(23)21(20(18)24)15-7-5-3-4-6-8-15/h9-13,15H,3-8H2,1-2H3. The number of carbonyl (C=O) groups excluding carboxylic acids is 2. The number of rotatable bonds is 5. The number of nitrogens with zero attached hydrogens (tertiary/aromatic N) is 2. The molecular formula is C20H24N2O4S. The Morgan fingerprint density at radius 1 is 1.04 bits per heavy atom.